The Morgan fingerprint density at radius 3 is 2.74 bits per heavy atom. The average molecular weight is 267 g/mol. The van der Waals surface area contributed by atoms with Crippen LogP contribution in [0.3, 0.4) is 0 Å². The molecule has 1 amide bonds. The van der Waals surface area contributed by atoms with Crippen LogP contribution in [-0.2, 0) is 23.1 Å². The molecule has 1 aromatic heterocycles. The molecule has 0 aliphatic carbocycles. The van der Waals surface area contributed by atoms with Gasteiger partial charge in [0.2, 0.25) is 0 Å². The first-order valence-corrected chi connectivity index (χ1v) is 6.44. The molecule has 2 rings (SSSR count). The van der Waals surface area contributed by atoms with Crippen LogP contribution in [0.25, 0.3) is 0 Å². The summed E-state index contributed by atoms with van der Waals surface area (Å²) in [5, 5.41) is 4.07. The van der Waals surface area contributed by atoms with Crippen molar-refractivity contribution in [3.05, 3.63) is 18.0 Å². The first-order valence-electron chi connectivity index (χ1n) is 6.44. The van der Waals surface area contributed by atoms with E-state index in [4.69, 9.17) is 9.47 Å². The number of ether oxygens (including phenoxy) is 2. The molecule has 1 saturated heterocycles. The summed E-state index contributed by atoms with van der Waals surface area (Å²) < 4.78 is 12.7. The normalized spacial score (nSPS) is 19.2. The summed E-state index contributed by atoms with van der Waals surface area (Å²) >= 11 is 0. The summed E-state index contributed by atoms with van der Waals surface area (Å²) in [6.45, 7) is 6.72. The number of likely N-dealkylation sites (tertiary alicyclic amines) is 1. The summed E-state index contributed by atoms with van der Waals surface area (Å²) in [7, 11) is 1.86. The number of hydrogen-bond acceptors (Lipinski definition) is 4. The molecular formula is C13H21N3O3. The molecule has 6 heteroatoms. The highest BCUT2D eigenvalue weighted by atomic mass is 16.6. The predicted molar refractivity (Wildman–Crippen MR) is 69.3 cm³/mol. The highest BCUT2D eigenvalue weighted by Gasteiger charge is 2.35. The van der Waals surface area contributed by atoms with Crippen LogP contribution < -0.4 is 0 Å². The maximum Gasteiger partial charge on any atom is 0.412 e. The van der Waals surface area contributed by atoms with E-state index < -0.39 is 5.60 Å². The number of nitrogens with zero attached hydrogens (tertiary/aromatic N) is 3. The second kappa shape index (κ2) is 5.21. The van der Waals surface area contributed by atoms with Gasteiger partial charge < -0.3 is 9.47 Å². The zero-order valence-corrected chi connectivity index (χ0v) is 11.9. The summed E-state index contributed by atoms with van der Waals surface area (Å²) in [6, 6.07) is 0. The Balaban J connectivity index is 1.80. The number of rotatable bonds is 3. The van der Waals surface area contributed by atoms with Crippen LogP contribution in [0.2, 0.25) is 0 Å². The van der Waals surface area contributed by atoms with E-state index in [2.05, 4.69) is 5.10 Å². The Labute approximate surface area is 113 Å². The fourth-order valence-corrected chi connectivity index (χ4v) is 1.81. The molecular weight excluding hydrogens is 246 g/mol. The molecule has 1 aliphatic heterocycles. The van der Waals surface area contributed by atoms with Crippen molar-refractivity contribution in [2.75, 3.05) is 6.54 Å². The molecule has 19 heavy (non-hydrogen) atoms. The lowest BCUT2D eigenvalue weighted by Gasteiger charge is -2.40. The average Bonchev–Trinajstić information content (AvgIpc) is 2.59. The number of amides is 1. The lowest BCUT2D eigenvalue weighted by Crippen LogP contribution is -2.53. The summed E-state index contributed by atoms with van der Waals surface area (Å²) in [5.41, 5.74) is 0.527. The molecule has 1 aromatic rings. The van der Waals surface area contributed by atoms with E-state index in [1.54, 1.807) is 15.8 Å². The lowest BCUT2D eigenvalue weighted by molar-refractivity contribution is -0.124. The molecule has 0 radical (unpaired) electrons. The van der Waals surface area contributed by atoms with Gasteiger partial charge in [0.1, 0.15) is 11.8 Å². The minimum Gasteiger partial charge on any atom is -0.444 e. The molecule has 6 nitrogen and oxygen atoms in total. The Kier molecular flexibility index (Phi) is 3.80. The Bertz CT molecular complexity index is 450. The molecule has 1 fully saturated rings. The topological polar surface area (TPSA) is 56.6 Å². The second-order valence-corrected chi connectivity index (χ2v) is 5.75. The van der Waals surface area contributed by atoms with Crippen LogP contribution in [0.5, 0.6) is 0 Å². The zero-order valence-electron chi connectivity index (χ0n) is 11.9. The van der Waals surface area contributed by atoms with Gasteiger partial charge in [-0.05, 0) is 20.8 Å². The molecule has 106 valence electrons. The van der Waals surface area contributed by atoms with Gasteiger partial charge in [-0.25, -0.2) is 4.79 Å². The van der Waals surface area contributed by atoms with E-state index in [0.29, 0.717) is 13.2 Å². The summed E-state index contributed by atoms with van der Waals surface area (Å²) in [4.78, 5) is 13.5. The first-order chi connectivity index (χ1) is 8.85. The van der Waals surface area contributed by atoms with E-state index in [9.17, 15) is 4.79 Å². The molecule has 2 heterocycles. The minimum atomic E-state index is -0.472. The Morgan fingerprint density at radius 2 is 2.26 bits per heavy atom. The van der Waals surface area contributed by atoms with Gasteiger partial charge in [0.15, 0.2) is 0 Å². The number of hydrogen-bond donors (Lipinski definition) is 0. The predicted octanol–water partition coefficient (Wildman–Crippen LogP) is 1.90. The van der Waals surface area contributed by atoms with Gasteiger partial charge in [0.25, 0.3) is 0 Å². The molecule has 0 N–H and O–H groups in total. The monoisotopic (exact) mass is 267 g/mol. The molecule has 0 aromatic carbocycles. The summed E-state index contributed by atoms with van der Waals surface area (Å²) in [5.74, 6) is 0. The van der Waals surface area contributed by atoms with E-state index in [1.165, 1.54) is 0 Å². The van der Waals surface area contributed by atoms with Crippen molar-refractivity contribution in [1.82, 2.24) is 14.7 Å². The molecule has 0 saturated carbocycles. The van der Waals surface area contributed by atoms with E-state index in [1.807, 2.05) is 34.0 Å². The van der Waals surface area contributed by atoms with Crippen molar-refractivity contribution in [2.45, 2.75) is 45.6 Å². The lowest BCUT2D eigenvalue weighted by atomic mass is 10.2. The molecule has 1 atom stereocenters. The van der Waals surface area contributed by atoms with Crippen molar-refractivity contribution < 1.29 is 14.3 Å². The fraction of sp³-hybridized carbons (Fsp3) is 0.692. The smallest absolute Gasteiger partial charge is 0.412 e. The number of aromatic nitrogens is 2. The van der Waals surface area contributed by atoms with Gasteiger partial charge in [0.05, 0.1) is 12.8 Å². The summed E-state index contributed by atoms with van der Waals surface area (Å²) in [6.07, 6.45) is 4.01. The highest BCUT2D eigenvalue weighted by Crippen LogP contribution is 2.23. The number of carbonyl (C=O) groups excluding carboxylic acids is 1. The zero-order chi connectivity index (χ0) is 14.0. The van der Waals surface area contributed by atoms with E-state index in [0.717, 1.165) is 12.0 Å². The van der Waals surface area contributed by atoms with Crippen LogP contribution in [0.15, 0.2) is 12.4 Å². The van der Waals surface area contributed by atoms with Gasteiger partial charge in [-0.3, -0.25) is 9.58 Å². The first kappa shape index (κ1) is 13.9. The van der Waals surface area contributed by atoms with Crippen molar-refractivity contribution in [3.63, 3.8) is 0 Å². The van der Waals surface area contributed by atoms with Gasteiger partial charge >= 0.3 is 6.09 Å². The Hall–Kier alpha value is -1.56. The minimum absolute atomic E-state index is 0.185. The molecule has 1 unspecified atom stereocenters. The third-order valence-electron chi connectivity index (χ3n) is 2.79. The van der Waals surface area contributed by atoms with Gasteiger partial charge in [0, 0.05) is 31.8 Å². The van der Waals surface area contributed by atoms with Crippen LogP contribution in [0, 0.1) is 0 Å². The van der Waals surface area contributed by atoms with Crippen molar-refractivity contribution in [1.29, 1.82) is 0 Å². The van der Waals surface area contributed by atoms with Crippen LogP contribution >= 0.6 is 0 Å². The maximum absolute atomic E-state index is 11.9. The van der Waals surface area contributed by atoms with Crippen LogP contribution in [-0.4, -0.2) is 39.1 Å². The van der Waals surface area contributed by atoms with Crippen LogP contribution in [0.4, 0.5) is 4.79 Å². The van der Waals surface area contributed by atoms with Gasteiger partial charge in [-0.15, -0.1) is 0 Å². The third kappa shape index (κ3) is 3.70. The van der Waals surface area contributed by atoms with Crippen molar-refractivity contribution in [3.8, 4) is 0 Å². The van der Waals surface area contributed by atoms with Crippen LogP contribution in [0.1, 0.15) is 32.8 Å². The van der Waals surface area contributed by atoms with Crippen molar-refractivity contribution >= 4 is 6.09 Å². The SMILES string of the molecule is Cn1cc(COC2CCN2C(=O)OC(C)(C)C)cn1. The third-order valence-corrected chi connectivity index (χ3v) is 2.79. The van der Waals surface area contributed by atoms with Crippen molar-refractivity contribution in [2.24, 2.45) is 7.05 Å². The largest absolute Gasteiger partial charge is 0.444 e. The van der Waals surface area contributed by atoms with E-state index in [-0.39, 0.29) is 12.3 Å². The van der Waals surface area contributed by atoms with Gasteiger partial charge in [-0.2, -0.15) is 5.10 Å². The maximum atomic E-state index is 11.9. The number of aryl methyl sites for hydroxylation is 1. The number of carbonyl (C=O) groups is 1. The fourth-order valence-electron chi connectivity index (χ4n) is 1.81. The standard InChI is InChI=1S/C13H21N3O3/c1-13(2,3)19-12(17)16-6-5-11(16)18-9-10-7-14-15(4)8-10/h7-8,11H,5-6,9H2,1-4H3. The van der Waals surface area contributed by atoms with E-state index >= 15 is 0 Å². The Morgan fingerprint density at radius 1 is 1.53 bits per heavy atom. The highest BCUT2D eigenvalue weighted by molar-refractivity contribution is 5.69. The molecule has 1 aliphatic rings. The second-order valence-electron chi connectivity index (χ2n) is 5.75. The molecule has 0 bridgehead atoms. The van der Waals surface area contributed by atoms with Gasteiger partial charge in [-0.1, -0.05) is 0 Å². The quantitative estimate of drug-likeness (QED) is 0.839. The molecule has 0 spiro atoms.